The molecule has 2 aromatic rings. The second kappa shape index (κ2) is 9.19. The fourth-order valence-corrected chi connectivity index (χ4v) is 2.95. The van der Waals surface area contributed by atoms with Gasteiger partial charge in [0.05, 0.1) is 0 Å². The number of hydrogen-bond donors (Lipinski definition) is 0. The van der Waals surface area contributed by atoms with Crippen LogP contribution in [0.5, 0.6) is 0 Å². The van der Waals surface area contributed by atoms with Crippen LogP contribution in [-0.4, -0.2) is 30.3 Å². The zero-order valence-electron chi connectivity index (χ0n) is 16.6. The molecule has 0 amide bonds. The fourth-order valence-electron chi connectivity index (χ4n) is 2.95. The van der Waals surface area contributed by atoms with Crippen molar-refractivity contribution in [3.63, 3.8) is 0 Å². The van der Waals surface area contributed by atoms with E-state index in [0.717, 1.165) is 23.6 Å². The number of aryl methyl sites for hydroxylation is 1. The van der Waals surface area contributed by atoms with Crippen molar-refractivity contribution < 1.29 is 8.78 Å². The molecule has 0 unspecified atom stereocenters. The fraction of sp³-hybridized carbons (Fsp3) is 0.174. The summed E-state index contributed by atoms with van der Waals surface area (Å²) in [6, 6.07) is 8.85. The summed E-state index contributed by atoms with van der Waals surface area (Å²) in [5.74, 6) is -0.0138. The number of aromatic nitrogens is 2. The highest BCUT2D eigenvalue weighted by molar-refractivity contribution is 6.08. The number of nitrogens with zero attached hydrogens (tertiary/aromatic N) is 4. The van der Waals surface area contributed by atoms with Crippen molar-refractivity contribution in [2.45, 2.75) is 13.3 Å². The lowest BCUT2D eigenvalue weighted by molar-refractivity contribution is 0.585. The maximum absolute atomic E-state index is 14.3. The quantitative estimate of drug-likeness (QED) is 0.712. The smallest absolute Gasteiger partial charge is 0.162 e. The van der Waals surface area contributed by atoms with Gasteiger partial charge in [-0.05, 0) is 48.7 Å². The largest absolute Gasteiger partial charge is 0.362 e. The van der Waals surface area contributed by atoms with Crippen LogP contribution >= 0.6 is 0 Å². The summed E-state index contributed by atoms with van der Waals surface area (Å²) in [6.07, 6.45) is 9.79. The van der Waals surface area contributed by atoms with E-state index in [1.165, 1.54) is 12.1 Å². The van der Waals surface area contributed by atoms with Gasteiger partial charge in [-0.2, -0.15) is 0 Å². The number of benzene rings is 1. The molecule has 0 bridgehead atoms. The Labute approximate surface area is 169 Å². The molecule has 29 heavy (non-hydrogen) atoms. The van der Waals surface area contributed by atoms with Crippen LogP contribution in [0.4, 0.5) is 14.6 Å². The topological polar surface area (TPSA) is 41.4 Å². The molecule has 148 valence electrons. The molecule has 0 saturated carbocycles. The number of anilines is 1. The Morgan fingerprint density at radius 3 is 2.66 bits per heavy atom. The van der Waals surface area contributed by atoms with Gasteiger partial charge < -0.3 is 4.90 Å². The van der Waals surface area contributed by atoms with Gasteiger partial charge in [-0.3, -0.25) is 4.99 Å². The maximum Gasteiger partial charge on any atom is 0.162 e. The van der Waals surface area contributed by atoms with Crippen molar-refractivity contribution >= 4 is 17.6 Å². The van der Waals surface area contributed by atoms with Crippen LogP contribution in [0.1, 0.15) is 17.8 Å². The first-order chi connectivity index (χ1) is 14.0. The molecule has 4 nitrogen and oxygen atoms in total. The number of rotatable bonds is 3. The van der Waals surface area contributed by atoms with Gasteiger partial charge in [0.1, 0.15) is 17.5 Å². The summed E-state index contributed by atoms with van der Waals surface area (Å²) in [5.41, 5.74) is 2.55. The van der Waals surface area contributed by atoms with E-state index >= 15 is 0 Å². The molecule has 0 spiro atoms. The molecule has 0 radical (unpaired) electrons. The first-order valence-electron chi connectivity index (χ1n) is 9.19. The van der Waals surface area contributed by atoms with E-state index in [1.54, 1.807) is 30.7 Å². The summed E-state index contributed by atoms with van der Waals surface area (Å²) in [4.78, 5) is 15.3. The SMILES string of the molecule is Cc1cc(-c2ccc(F)cc2F)cccnc(C2=CCC=CN=C2)nc1N(C)C. The number of hydrogen-bond acceptors (Lipinski definition) is 4. The maximum atomic E-state index is 14.3. The summed E-state index contributed by atoms with van der Waals surface area (Å²) in [5, 5.41) is 0. The first kappa shape index (κ1) is 20.3. The Morgan fingerprint density at radius 1 is 1.07 bits per heavy atom. The van der Waals surface area contributed by atoms with E-state index in [2.05, 4.69) is 9.98 Å². The van der Waals surface area contributed by atoms with Crippen LogP contribution in [0.15, 0.2) is 65.9 Å². The van der Waals surface area contributed by atoms with E-state index in [0.29, 0.717) is 22.8 Å². The Bertz CT molecular complexity index is 1050. The lowest BCUT2D eigenvalue weighted by atomic mass is 10.0. The third-order valence-corrected chi connectivity index (χ3v) is 4.30. The standard InChI is InChI=1S/C23H22F2N4/c1-16-13-17(20-10-9-19(24)14-21(20)25)8-6-12-27-22(28-23(16)29(2)3)18-7-4-5-11-26-15-18/h5-15H,4H2,1-3H3. The molecule has 3 rings (SSSR count). The lowest BCUT2D eigenvalue weighted by Crippen LogP contribution is -2.12. The molecule has 1 aliphatic rings. The van der Waals surface area contributed by atoms with Crippen molar-refractivity contribution in [1.29, 1.82) is 0 Å². The third kappa shape index (κ3) is 5.10. The zero-order chi connectivity index (χ0) is 20.8. The molecule has 0 fully saturated rings. The van der Waals surface area contributed by atoms with Crippen LogP contribution in [0.25, 0.3) is 16.7 Å². The second-order valence-electron chi connectivity index (χ2n) is 6.76. The molecular weight excluding hydrogens is 370 g/mol. The van der Waals surface area contributed by atoms with E-state index in [-0.39, 0.29) is 0 Å². The van der Waals surface area contributed by atoms with Gasteiger partial charge in [0.15, 0.2) is 5.82 Å². The molecule has 0 atom stereocenters. The highest BCUT2D eigenvalue weighted by Crippen LogP contribution is 2.25. The molecule has 2 heterocycles. The van der Waals surface area contributed by atoms with Crippen molar-refractivity contribution in [2.24, 2.45) is 4.99 Å². The highest BCUT2D eigenvalue weighted by Gasteiger charge is 2.09. The summed E-state index contributed by atoms with van der Waals surface area (Å²) in [7, 11) is 3.77. The molecule has 1 aromatic carbocycles. The minimum absolute atomic E-state index is 0.308. The average Bonchev–Trinajstić information content (AvgIpc) is 2.95. The number of aliphatic imine (C=N–C) groups is 1. The van der Waals surface area contributed by atoms with Crippen LogP contribution in [0, 0.1) is 18.6 Å². The van der Waals surface area contributed by atoms with Crippen LogP contribution < -0.4 is 4.90 Å². The Hall–Kier alpha value is -3.41. The average molecular weight is 392 g/mol. The van der Waals surface area contributed by atoms with E-state index in [9.17, 15) is 8.78 Å². The van der Waals surface area contributed by atoms with Crippen LogP contribution in [0.2, 0.25) is 0 Å². The van der Waals surface area contributed by atoms with E-state index in [1.807, 2.05) is 44.1 Å². The molecule has 0 saturated heterocycles. The number of halogens is 2. The van der Waals surface area contributed by atoms with Gasteiger partial charge >= 0.3 is 0 Å². The minimum atomic E-state index is -0.620. The van der Waals surface area contributed by atoms with Gasteiger partial charge in [-0.15, -0.1) is 0 Å². The van der Waals surface area contributed by atoms with Gasteiger partial charge in [0.25, 0.3) is 0 Å². The van der Waals surface area contributed by atoms with Gasteiger partial charge in [0.2, 0.25) is 0 Å². The molecule has 6 heteroatoms. The second-order valence-corrected chi connectivity index (χ2v) is 6.76. The predicted octanol–water partition coefficient (Wildman–Crippen LogP) is 5.29. The van der Waals surface area contributed by atoms with E-state index in [4.69, 9.17) is 4.98 Å². The van der Waals surface area contributed by atoms with E-state index < -0.39 is 11.6 Å². The highest BCUT2D eigenvalue weighted by atomic mass is 19.1. The third-order valence-electron chi connectivity index (χ3n) is 4.30. The monoisotopic (exact) mass is 392 g/mol. The Balaban J connectivity index is 2.22. The van der Waals surface area contributed by atoms with Crippen molar-refractivity contribution in [3.05, 3.63) is 84.0 Å². The summed E-state index contributed by atoms with van der Waals surface area (Å²) < 4.78 is 27.7. The summed E-state index contributed by atoms with van der Waals surface area (Å²) in [6.45, 7) is 1.90. The Kier molecular flexibility index (Phi) is 6.44. The van der Waals surface area contributed by atoms with Crippen molar-refractivity contribution in [2.75, 3.05) is 19.0 Å². The molecule has 0 N–H and O–H groups in total. The van der Waals surface area contributed by atoms with Gasteiger partial charge in [-0.1, -0.05) is 18.2 Å². The summed E-state index contributed by atoms with van der Waals surface area (Å²) >= 11 is 0. The first-order valence-corrected chi connectivity index (χ1v) is 9.19. The molecule has 0 aliphatic carbocycles. The number of allylic oxidation sites excluding steroid dienone is 3. The van der Waals surface area contributed by atoms with Crippen LogP contribution in [0.3, 0.4) is 0 Å². The molecule has 1 aromatic heterocycles. The van der Waals surface area contributed by atoms with Crippen molar-refractivity contribution in [3.8, 4) is 11.1 Å². The normalized spacial score (nSPS) is 12.8. The Morgan fingerprint density at radius 2 is 1.90 bits per heavy atom. The van der Waals surface area contributed by atoms with Gasteiger partial charge in [0, 0.05) is 49.9 Å². The lowest BCUT2D eigenvalue weighted by Gasteiger charge is -2.14. The molecule has 1 aliphatic heterocycles. The van der Waals surface area contributed by atoms with Crippen molar-refractivity contribution in [1.82, 2.24) is 9.97 Å². The predicted molar refractivity (Wildman–Crippen MR) is 114 cm³/mol. The van der Waals surface area contributed by atoms with Gasteiger partial charge in [-0.25, -0.2) is 18.7 Å². The van der Waals surface area contributed by atoms with Crippen LogP contribution in [-0.2, 0) is 0 Å². The zero-order valence-corrected chi connectivity index (χ0v) is 16.6. The minimum Gasteiger partial charge on any atom is -0.362 e. The molecular formula is C23H22F2N4.